The zero-order valence-electron chi connectivity index (χ0n) is 13.0. The van der Waals surface area contributed by atoms with Crippen LogP contribution in [0.5, 0.6) is 0 Å². The number of ether oxygens (including phenoxy) is 1. The van der Waals surface area contributed by atoms with Gasteiger partial charge in [-0.15, -0.1) is 0 Å². The lowest BCUT2D eigenvalue weighted by molar-refractivity contribution is 0.0317. The third-order valence-electron chi connectivity index (χ3n) is 4.11. The van der Waals surface area contributed by atoms with Crippen molar-refractivity contribution in [1.29, 1.82) is 0 Å². The summed E-state index contributed by atoms with van der Waals surface area (Å²) in [6, 6.07) is 0.587. The van der Waals surface area contributed by atoms with E-state index in [1.54, 1.807) is 0 Å². The average molecular weight is 271 g/mol. The van der Waals surface area contributed by atoms with Gasteiger partial charge in [0.25, 0.3) is 0 Å². The Hall–Kier alpha value is -0.120. The molecule has 0 saturated heterocycles. The van der Waals surface area contributed by atoms with Crippen molar-refractivity contribution in [2.75, 3.05) is 19.8 Å². The molecule has 3 unspecified atom stereocenters. The zero-order valence-corrected chi connectivity index (χ0v) is 13.0. The highest BCUT2D eigenvalue weighted by Crippen LogP contribution is 2.23. The Morgan fingerprint density at radius 1 is 1.26 bits per heavy atom. The van der Waals surface area contributed by atoms with Crippen LogP contribution in [0.1, 0.15) is 59.3 Å². The lowest BCUT2D eigenvalue weighted by Gasteiger charge is -2.30. The molecular weight excluding hydrogens is 238 g/mol. The van der Waals surface area contributed by atoms with Gasteiger partial charge in [-0.05, 0) is 37.5 Å². The zero-order chi connectivity index (χ0) is 14.1. The Morgan fingerprint density at radius 2 is 2.00 bits per heavy atom. The molecule has 0 aromatic carbocycles. The van der Waals surface area contributed by atoms with Crippen LogP contribution in [0.2, 0.25) is 0 Å². The molecule has 3 heteroatoms. The molecule has 3 nitrogen and oxygen atoms in total. The summed E-state index contributed by atoms with van der Waals surface area (Å²) in [4.78, 5) is 0. The van der Waals surface area contributed by atoms with E-state index in [0.717, 1.165) is 24.9 Å². The van der Waals surface area contributed by atoms with Crippen LogP contribution in [0.3, 0.4) is 0 Å². The summed E-state index contributed by atoms with van der Waals surface area (Å²) in [5, 5.41) is 13.4. The van der Waals surface area contributed by atoms with Crippen molar-refractivity contribution in [3.63, 3.8) is 0 Å². The van der Waals surface area contributed by atoms with Gasteiger partial charge in [-0.1, -0.05) is 33.6 Å². The maximum Gasteiger partial charge on any atom is 0.0897 e. The summed E-state index contributed by atoms with van der Waals surface area (Å²) in [6.07, 6.45) is 7.19. The maximum atomic E-state index is 9.89. The van der Waals surface area contributed by atoms with E-state index in [0.29, 0.717) is 19.2 Å². The van der Waals surface area contributed by atoms with Gasteiger partial charge in [-0.3, -0.25) is 0 Å². The third kappa shape index (κ3) is 7.91. The van der Waals surface area contributed by atoms with Gasteiger partial charge in [0.1, 0.15) is 0 Å². The van der Waals surface area contributed by atoms with E-state index in [2.05, 4.69) is 26.1 Å². The Bertz CT molecular complexity index is 221. The topological polar surface area (TPSA) is 41.5 Å². The first-order valence-corrected chi connectivity index (χ1v) is 8.08. The molecule has 0 spiro atoms. The van der Waals surface area contributed by atoms with E-state index < -0.39 is 0 Å². The summed E-state index contributed by atoms with van der Waals surface area (Å²) < 4.78 is 5.52. The molecular formula is C16H33NO2. The lowest BCUT2D eigenvalue weighted by atomic mass is 9.86. The second-order valence-corrected chi connectivity index (χ2v) is 6.54. The summed E-state index contributed by atoms with van der Waals surface area (Å²) in [5.41, 5.74) is 0. The van der Waals surface area contributed by atoms with Crippen molar-refractivity contribution in [2.45, 2.75) is 71.4 Å². The molecule has 3 atom stereocenters. The SMILES string of the molecule is CC(C)CCCOCC(O)CNC1CCCCC1C. The van der Waals surface area contributed by atoms with Crippen molar-refractivity contribution < 1.29 is 9.84 Å². The number of hydrogen-bond acceptors (Lipinski definition) is 3. The molecule has 0 aliphatic heterocycles. The molecule has 0 radical (unpaired) electrons. The van der Waals surface area contributed by atoms with Crippen LogP contribution in [-0.4, -0.2) is 37.0 Å². The van der Waals surface area contributed by atoms with Crippen LogP contribution in [0.15, 0.2) is 0 Å². The van der Waals surface area contributed by atoms with Crippen molar-refractivity contribution >= 4 is 0 Å². The van der Waals surface area contributed by atoms with Crippen LogP contribution in [0.4, 0.5) is 0 Å². The Morgan fingerprint density at radius 3 is 2.68 bits per heavy atom. The van der Waals surface area contributed by atoms with Gasteiger partial charge in [-0.25, -0.2) is 0 Å². The van der Waals surface area contributed by atoms with Crippen LogP contribution in [0, 0.1) is 11.8 Å². The second kappa shape index (κ2) is 9.73. The van der Waals surface area contributed by atoms with Crippen LogP contribution in [0.25, 0.3) is 0 Å². The van der Waals surface area contributed by atoms with Gasteiger partial charge in [-0.2, -0.15) is 0 Å². The third-order valence-corrected chi connectivity index (χ3v) is 4.11. The summed E-state index contributed by atoms with van der Waals surface area (Å²) in [7, 11) is 0. The molecule has 1 aliphatic rings. The fraction of sp³-hybridized carbons (Fsp3) is 1.00. The standard InChI is InChI=1S/C16H33NO2/c1-13(2)7-6-10-19-12-15(18)11-17-16-9-5-4-8-14(16)3/h13-18H,4-12H2,1-3H3. The molecule has 0 amide bonds. The monoisotopic (exact) mass is 271 g/mol. The molecule has 114 valence electrons. The molecule has 1 fully saturated rings. The van der Waals surface area contributed by atoms with Crippen LogP contribution < -0.4 is 5.32 Å². The van der Waals surface area contributed by atoms with E-state index in [-0.39, 0.29) is 6.10 Å². The quantitative estimate of drug-likeness (QED) is 0.634. The van der Waals surface area contributed by atoms with E-state index in [9.17, 15) is 5.11 Å². The van der Waals surface area contributed by atoms with Gasteiger partial charge in [0, 0.05) is 19.2 Å². The van der Waals surface area contributed by atoms with Crippen molar-refractivity contribution in [3.8, 4) is 0 Å². The Kier molecular flexibility index (Phi) is 8.67. The van der Waals surface area contributed by atoms with Crippen molar-refractivity contribution in [1.82, 2.24) is 5.32 Å². The normalized spacial score (nSPS) is 25.7. The highest BCUT2D eigenvalue weighted by molar-refractivity contribution is 4.78. The molecule has 1 aliphatic carbocycles. The molecule has 1 rings (SSSR count). The molecule has 0 aromatic rings. The van der Waals surface area contributed by atoms with E-state index >= 15 is 0 Å². The molecule has 0 aromatic heterocycles. The minimum atomic E-state index is -0.367. The smallest absolute Gasteiger partial charge is 0.0897 e. The average Bonchev–Trinajstić information content (AvgIpc) is 2.37. The first-order chi connectivity index (χ1) is 9.09. The molecule has 19 heavy (non-hydrogen) atoms. The van der Waals surface area contributed by atoms with E-state index in [1.165, 1.54) is 32.1 Å². The number of rotatable bonds is 9. The summed E-state index contributed by atoms with van der Waals surface area (Å²) in [5.74, 6) is 1.48. The second-order valence-electron chi connectivity index (χ2n) is 6.54. The largest absolute Gasteiger partial charge is 0.389 e. The maximum absolute atomic E-state index is 9.89. The number of aliphatic hydroxyl groups is 1. The van der Waals surface area contributed by atoms with E-state index in [1.807, 2.05) is 0 Å². The first-order valence-electron chi connectivity index (χ1n) is 8.08. The fourth-order valence-electron chi connectivity index (χ4n) is 2.78. The Balaban J connectivity index is 1.99. The van der Waals surface area contributed by atoms with Crippen molar-refractivity contribution in [2.24, 2.45) is 11.8 Å². The number of aliphatic hydroxyl groups excluding tert-OH is 1. The van der Waals surface area contributed by atoms with Gasteiger partial charge < -0.3 is 15.2 Å². The van der Waals surface area contributed by atoms with Gasteiger partial charge in [0.2, 0.25) is 0 Å². The fourth-order valence-corrected chi connectivity index (χ4v) is 2.78. The lowest BCUT2D eigenvalue weighted by Crippen LogP contribution is -2.42. The first kappa shape index (κ1) is 16.9. The highest BCUT2D eigenvalue weighted by Gasteiger charge is 2.21. The molecule has 2 N–H and O–H groups in total. The minimum Gasteiger partial charge on any atom is -0.389 e. The van der Waals surface area contributed by atoms with Crippen LogP contribution >= 0.6 is 0 Å². The van der Waals surface area contributed by atoms with E-state index in [4.69, 9.17) is 4.74 Å². The predicted molar refractivity (Wildman–Crippen MR) is 80.3 cm³/mol. The van der Waals surface area contributed by atoms with Crippen molar-refractivity contribution in [3.05, 3.63) is 0 Å². The minimum absolute atomic E-state index is 0.367. The van der Waals surface area contributed by atoms with Crippen LogP contribution in [-0.2, 0) is 4.74 Å². The number of nitrogens with one attached hydrogen (secondary N) is 1. The molecule has 0 heterocycles. The molecule has 1 saturated carbocycles. The molecule has 0 bridgehead atoms. The van der Waals surface area contributed by atoms with Gasteiger partial charge in [0.05, 0.1) is 12.7 Å². The summed E-state index contributed by atoms with van der Waals surface area (Å²) in [6.45, 7) is 8.67. The Labute approximate surface area is 119 Å². The van der Waals surface area contributed by atoms with Gasteiger partial charge >= 0.3 is 0 Å². The summed E-state index contributed by atoms with van der Waals surface area (Å²) >= 11 is 0. The van der Waals surface area contributed by atoms with Gasteiger partial charge in [0.15, 0.2) is 0 Å². The number of hydrogen-bond donors (Lipinski definition) is 2. The highest BCUT2D eigenvalue weighted by atomic mass is 16.5. The predicted octanol–water partition coefficient (Wildman–Crippen LogP) is 2.97.